The predicted molar refractivity (Wildman–Crippen MR) is 68.4 cm³/mol. The quantitative estimate of drug-likeness (QED) is 0.741. The van der Waals surface area contributed by atoms with E-state index in [4.69, 9.17) is 10.8 Å². The maximum Gasteiger partial charge on any atom is 0.355 e. The molecule has 0 spiro atoms. The van der Waals surface area contributed by atoms with Crippen LogP contribution in [0.25, 0.3) is 0 Å². The number of hydrogen-bond donors (Lipinski definition) is 3. The van der Waals surface area contributed by atoms with Gasteiger partial charge in [-0.3, -0.25) is 4.79 Å². The van der Waals surface area contributed by atoms with Gasteiger partial charge in [0.25, 0.3) is 0 Å². The van der Waals surface area contributed by atoms with E-state index in [1.54, 1.807) is 6.92 Å². The van der Waals surface area contributed by atoms with Crippen LogP contribution < -0.4 is 11.1 Å². The van der Waals surface area contributed by atoms with E-state index in [1.807, 2.05) is 13.8 Å². The van der Waals surface area contributed by atoms with Crippen molar-refractivity contribution in [2.45, 2.75) is 32.9 Å². The molecule has 1 aromatic heterocycles. The number of nitrogens with zero attached hydrogens (tertiary/aromatic N) is 1. The molecule has 0 aromatic carbocycles. The molecule has 0 bridgehead atoms. The highest BCUT2D eigenvalue weighted by Gasteiger charge is 2.21. The van der Waals surface area contributed by atoms with Crippen LogP contribution in [0.15, 0.2) is 5.38 Å². The average Bonchev–Trinajstić information content (AvgIpc) is 2.76. The highest BCUT2D eigenvalue weighted by Crippen LogP contribution is 2.18. The van der Waals surface area contributed by atoms with Gasteiger partial charge in [-0.25, -0.2) is 9.78 Å². The predicted octanol–water partition coefficient (Wildman–Crippen LogP) is 1.00. The molecule has 6 nitrogen and oxygen atoms in total. The number of carboxylic acids is 1. The van der Waals surface area contributed by atoms with Gasteiger partial charge in [-0.05, 0) is 12.8 Å². The Labute approximate surface area is 109 Å². The molecule has 0 fully saturated rings. The summed E-state index contributed by atoms with van der Waals surface area (Å²) in [6.45, 7) is 5.47. The van der Waals surface area contributed by atoms with E-state index in [2.05, 4.69) is 10.3 Å². The number of rotatable bonds is 5. The molecular weight excluding hydrogens is 254 g/mol. The first kappa shape index (κ1) is 14.6. The van der Waals surface area contributed by atoms with Crippen molar-refractivity contribution < 1.29 is 14.7 Å². The van der Waals surface area contributed by atoms with Crippen molar-refractivity contribution >= 4 is 23.2 Å². The number of carbonyl (C=O) groups excluding carboxylic acids is 1. The van der Waals surface area contributed by atoms with Gasteiger partial charge in [0.15, 0.2) is 5.69 Å². The van der Waals surface area contributed by atoms with Gasteiger partial charge in [-0.15, -0.1) is 11.3 Å². The van der Waals surface area contributed by atoms with E-state index < -0.39 is 12.0 Å². The fourth-order valence-electron chi connectivity index (χ4n) is 1.26. The molecule has 0 saturated heterocycles. The summed E-state index contributed by atoms with van der Waals surface area (Å²) in [4.78, 5) is 26.4. The van der Waals surface area contributed by atoms with Crippen LogP contribution in [0.3, 0.4) is 0 Å². The first-order valence-corrected chi connectivity index (χ1v) is 6.45. The van der Waals surface area contributed by atoms with Crippen LogP contribution in [0, 0.1) is 5.92 Å². The third-order valence-electron chi connectivity index (χ3n) is 2.49. The van der Waals surface area contributed by atoms with E-state index in [1.165, 1.54) is 16.7 Å². The number of nitrogens with one attached hydrogen (secondary N) is 1. The maximum atomic E-state index is 11.7. The van der Waals surface area contributed by atoms with Gasteiger partial charge in [-0.2, -0.15) is 0 Å². The van der Waals surface area contributed by atoms with E-state index in [9.17, 15) is 9.59 Å². The molecule has 7 heteroatoms. The lowest BCUT2D eigenvalue weighted by atomic mass is 10.0. The second kappa shape index (κ2) is 5.92. The Morgan fingerprint density at radius 3 is 2.50 bits per heavy atom. The van der Waals surface area contributed by atoms with Crippen molar-refractivity contribution in [2.24, 2.45) is 11.7 Å². The molecule has 18 heavy (non-hydrogen) atoms. The summed E-state index contributed by atoms with van der Waals surface area (Å²) < 4.78 is 0. The third-order valence-corrected chi connectivity index (χ3v) is 3.52. The minimum absolute atomic E-state index is 0.00995. The Morgan fingerprint density at radius 1 is 1.44 bits per heavy atom. The molecule has 0 aliphatic carbocycles. The Bertz CT molecular complexity index is 444. The fourth-order valence-corrected chi connectivity index (χ4v) is 2.06. The summed E-state index contributed by atoms with van der Waals surface area (Å²) in [7, 11) is 0. The average molecular weight is 271 g/mol. The van der Waals surface area contributed by atoms with Gasteiger partial charge in [0.2, 0.25) is 5.91 Å². The van der Waals surface area contributed by atoms with Crippen molar-refractivity contribution in [2.75, 3.05) is 0 Å². The van der Waals surface area contributed by atoms with Crippen LogP contribution in [0.5, 0.6) is 0 Å². The van der Waals surface area contributed by atoms with E-state index in [0.29, 0.717) is 5.01 Å². The topological polar surface area (TPSA) is 105 Å². The van der Waals surface area contributed by atoms with Gasteiger partial charge in [0, 0.05) is 5.38 Å². The summed E-state index contributed by atoms with van der Waals surface area (Å²) >= 11 is 1.20. The van der Waals surface area contributed by atoms with E-state index in [-0.39, 0.29) is 23.6 Å². The lowest BCUT2D eigenvalue weighted by Crippen LogP contribution is -2.44. The molecule has 1 aromatic rings. The van der Waals surface area contributed by atoms with E-state index >= 15 is 0 Å². The Morgan fingerprint density at radius 2 is 2.06 bits per heavy atom. The second-order valence-corrected chi connectivity index (χ2v) is 5.27. The minimum atomic E-state index is -1.07. The van der Waals surface area contributed by atoms with Crippen LogP contribution in [0.2, 0.25) is 0 Å². The number of aromatic nitrogens is 1. The molecule has 100 valence electrons. The maximum absolute atomic E-state index is 11.7. The van der Waals surface area contributed by atoms with Crippen LogP contribution in [0.4, 0.5) is 0 Å². The van der Waals surface area contributed by atoms with Crippen LogP contribution in [-0.2, 0) is 4.79 Å². The summed E-state index contributed by atoms with van der Waals surface area (Å²) in [5, 5.41) is 13.5. The molecule has 1 amide bonds. The number of thiazole rings is 1. The summed E-state index contributed by atoms with van der Waals surface area (Å²) in [5.74, 6) is -1.29. The molecule has 0 radical (unpaired) electrons. The van der Waals surface area contributed by atoms with Crippen LogP contribution in [0.1, 0.15) is 42.3 Å². The van der Waals surface area contributed by atoms with Gasteiger partial charge in [0.1, 0.15) is 5.01 Å². The van der Waals surface area contributed by atoms with Crippen molar-refractivity contribution in [3.63, 3.8) is 0 Å². The lowest BCUT2D eigenvalue weighted by Gasteiger charge is -2.18. The smallest absolute Gasteiger partial charge is 0.355 e. The molecule has 1 rings (SSSR count). The first-order chi connectivity index (χ1) is 8.32. The van der Waals surface area contributed by atoms with Crippen LogP contribution in [-0.4, -0.2) is 28.0 Å². The number of aromatic carboxylic acids is 1. The second-order valence-electron chi connectivity index (χ2n) is 4.38. The highest BCUT2D eigenvalue weighted by atomic mass is 32.1. The highest BCUT2D eigenvalue weighted by molar-refractivity contribution is 7.09. The monoisotopic (exact) mass is 271 g/mol. The lowest BCUT2D eigenvalue weighted by molar-refractivity contribution is -0.123. The summed E-state index contributed by atoms with van der Waals surface area (Å²) in [5.41, 5.74) is 5.71. The number of carboxylic acid groups (broad SMARTS) is 1. The number of carbonyl (C=O) groups is 2. The van der Waals surface area contributed by atoms with Gasteiger partial charge in [-0.1, -0.05) is 13.8 Å². The van der Waals surface area contributed by atoms with E-state index in [0.717, 1.165) is 0 Å². The van der Waals surface area contributed by atoms with Crippen molar-refractivity contribution in [3.05, 3.63) is 16.1 Å². The van der Waals surface area contributed by atoms with Crippen molar-refractivity contribution in [3.8, 4) is 0 Å². The normalized spacial score (nSPS) is 14.3. The number of amides is 1. The third kappa shape index (κ3) is 3.51. The molecule has 4 N–H and O–H groups in total. The fraction of sp³-hybridized carbons (Fsp3) is 0.545. The molecule has 1 unspecified atom stereocenters. The van der Waals surface area contributed by atoms with Crippen molar-refractivity contribution in [1.29, 1.82) is 0 Å². The van der Waals surface area contributed by atoms with Gasteiger partial charge < -0.3 is 16.2 Å². The molecule has 2 atom stereocenters. The number of hydrogen-bond acceptors (Lipinski definition) is 5. The zero-order valence-corrected chi connectivity index (χ0v) is 11.3. The molecular formula is C11H17N3O3S. The summed E-state index contributed by atoms with van der Waals surface area (Å²) in [6.07, 6.45) is 0. The zero-order valence-electron chi connectivity index (χ0n) is 10.5. The summed E-state index contributed by atoms with van der Waals surface area (Å²) in [6, 6.07) is -0.924. The molecule has 0 aliphatic rings. The Hall–Kier alpha value is -1.47. The first-order valence-electron chi connectivity index (χ1n) is 5.57. The molecule has 1 heterocycles. The van der Waals surface area contributed by atoms with Gasteiger partial charge >= 0.3 is 5.97 Å². The Kier molecular flexibility index (Phi) is 4.80. The minimum Gasteiger partial charge on any atom is -0.476 e. The van der Waals surface area contributed by atoms with Gasteiger partial charge in [0.05, 0.1) is 12.1 Å². The Balaban J connectivity index is 2.67. The largest absolute Gasteiger partial charge is 0.476 e. The molecule has 0 aliphatic heterocycles. The number of nitrogens with two attached hydrogens (primary N) is 1. The zero-order chi connectivity index (χ0) is 13.9. The van der Waals surface area contributed by atoms with Crippen molar-refractivity contribution in [1.82, 2.24) is 10.3 Å². The van der Waals surface area contributed by atoms with Crippen LogP contribution >= 0.6 is 11.3 Å². The SMILES string of the molecule is CC(NC(=O)[C@@H](N)C(C)C)c1nc(C(=O)O)cs1. The standard InChI is InChI=1S/C11H17N3O3S/c1-5(2)8(12)9(15)13-6(3)10-14-7(4-18-10)11(16)17/h4-6,8H,12H2,1-3H3,(H,13,15)(H,16,17)/t6?,8-/m0/s1. The molecule has 0 saturated carbocycles.